The number of nitrogens with one attached hydrogen (secondary N) is 1. The molecule has 0 aromatic heterocycles. The third kappa shape index (κ3) is 2.41. The lowest BCUT2D eigenvalue weighted by atomic mass is 9.62. The van der Waals surface area contributed by atoms with Gasteiger partial charge in [0.15, 0.2) is 0 Å². The van der Waals surface area contributed by atoms with Crippen molar-refractivity contribution >= 4 is 45.1 Å². The summed E-state index contributed by atoms with van der Waals surface area (Å²) >= 11 is 9.36. The molecule has 6 atom stereocenters. The quantitative estimate of drug-likeness (QED) is 0.764. The van der Waals surface area contributed by atoms with Gasteiger partial charge in [0.25, 0.3) is 0 Å². The number of fused-ring (bicyclic) bond motifs is 1. The van der Waals surface area contributed by atoms with Crippen LogP contribution in [0.2, 0.25) is 5.02 Å². The number of anilines is 1. The number of hydrogen-bond donors (Lipinski definition) is 2. The van der Waals surface area contributed by atoms with Crippen LogP contribution in [0.3, 0.4) is 0 Å². The lowest BCUT2D eigenvalue weighted by Crippen LogP contribution is -2.48. The summed E-state index contributed by atoms with van der Waals surface area (Å²) in [6.45, 7) is 0. The van der Waals surface area contributed by atoms with Crippen LogP contribution in [0.4, 0.5) is 5.69 Å². The third-order valence-electron chi connectivity index (χ3n) is 5.43. The van der Waals surface area contributed by atoms with E-state index < -0.39 is 17.8 Å². The zero-order chi connectivity index (χ0) is 16.3. The van der Waals surface area contributed by atoms with E-state index in [1.165, 1.54) is 0 Å². The number of aliphatic carboxylic acids is 1. The van der Waals surface area contributed by atoms with E-state index in [-0.39, 0.29) is 17.7 Å². The predicted molar refractivity (Wildman–Crippen MR) is 90.1 cm³/mol. The zero-order valence-corrected chi connectivity index (χ0v) is 14.4. The number of carbonyl (C=O) groups is 2. The lowest BCUT2D eigenvalue weighted by Gasteiger charge is -2.41. The van der Waals surface area contributed by atoms with Crippen molar-refractivity contribution < 1.29 is 14.7 Å². The number of carboxylic acid groups (broad SMARTS) is 1. The molecule has 1 aromatic rings. The number of carboxylic acids is 1. The van der Waals surface area contributed by atoms with Gasteiger partial charge in [0.2, 0.25) is 5.91 Å². The van der Waals surface area contributed by atoms with Gasteiger partial charge in [-0.1, -0.05) is 23.8 Å². The molecule has 23 heavy (non-hydrogen) atoms. The molecule has 0 saturated heterocycles. The second kappa shape index (κ2) is 5.35. The second-order valence-corrected chi connectivity index (χ2v) is 7.87. The number of carbonyl (C=O) groups excluding carboxylic acids is 1. The minimum absolute atomic E-state index is 0.00763. The largest absolute Gasteiger partial charge is 0.481 e. The topological polar surface area (TPSA) is 66.4 Å². The summed E-state index contributed by atoms with van der Waals surface area (Å²) in [5, 5.41) is 13.0. The van der Waals surface area contributed by atoms with Crippen LogP contribution in [0.15, 0.2) is 34.8 Å². The number of halogens is 2. The summed E-state index contributed by atoms with van der Waals surface area (Å²) in [5.41, 5.74) is 0.588. The first-order valence-electron chi connectivity index (χ1n) is 7.64. The Bertz CT molecular complexity index is 735. The van der Waals surface area contributed by atoms with Crippen LogP contribution in [0.5, 0.6) is 0 Å². The first kappa shape index (κ1) is 15.2. The Labute approximate surface area is 147 Å². The molecule has 4 aliphatic carbocycles. The molecule has 5 rings (SSSR count). The van der Waals surface area contributed by atoms with Crippen LogP contribution in [-0.2, 0) is 9.59 Å². The molecular formula is C17H15BrClNO3. The molecule has 2 fully saturated rings. The molecule has 6 heteroatoms. The van der Waals surface area contributed by atoms with Gasteiger partial charge in [-0.05, 0) is 64.2 Å². The van der Waals surface area contributed by atoms with Gasteiger partial charge in [0, 0.05) is 10.2 Å². The number of allylic oxidation sites excluding steroid dienone is 2. The van der Waals surface area contributed by atoms with E-state index in [9.17, 15) is 14.7 Å². The van der Waals surface area contributed by atoms with Crippen molar-refractivity contribution in [2.75, 3.05) is 5.32 Å². The Kier molecular flexibility index (Phi) is 3.54. The normalized spacial score (nSPS) is 36.4. The van der Waals surface area contributed by atoms with Gasteiger partial charge in [-0.15, -0.1) is 0 Å². The van der Waals surface area contributed by atoms with Crippen LogP contribution in [0, 0.1) is 35.5 Å². The van der Waals surface area contributed by atoms with Crippen molar-refractivity contribution in [2.24, 2.45) is 35.5 Å². The molecule has 2 N–H and O–H groups in total. The molecule has 120 valence electrons. The fourth-order valence-electron chi connectivity index (χ4n) is 4.37. The highest BCUT2D eigenvalue weighted by Crippen LogP contribution is 2.63. The van der Waals surface area contributed by atoms with E-state index in [4.69, 9.17) is 11.6 Å². The molecule has 2 saturated carbocycles. The molecule has 1 amide bonds. The van der Waals surface area contributed by atoms with Crippen molar-refractivity contribution in [1.82, 2.24) is 0 Å². The fraction of sp³-hybridized carbons (Fsp3) is 0.412. The molecular weight excluding hydrogens is 382 g/mol. The molecule has 4 nitrogen and oxygen atoms in total. The minimum atomic E-state index is -0.872. The highest BCUT2D eigenvalue weighted by Gasteiger charge is 2.62. The minimum Gasteiger partial charge on any atom is -0.481 e. The number of hydrogen-bond acceptors (Lipinski definition) is 2. The highest BCUT2D eigenvalue weighted by molar-refractivity contribution is 9.10. The van der Waals surface area contributed by atoms with Crippen molar-refractivity contribution in [3.05, 3.63) is 39.8 Å². The van der Waals surface area contributed by atoms with Crippen LogP contribution < -0.4 is 5.32 Å². The smallest absolute Gasteiger partial charge is 0.307 e. The standard InChI is InChI=1S/C17H15BrClNO3/c18-12-4-1-7(5-13(12)19)20-16(21)14-8-2-3-9(11-6-10(8)11)15(14)17(22)23/h1-5,8-11,14-15H,6H2,(H,20,21)(H,22,23). The monoisotopic (exact) mass is 395 g/mol. The Hall–Kier alpha value is -1.33. The van der Waals surface area contributed by atoms with E-state index in [1.54, 1.807) is 18.2 Å². The van der Waals surface area contributed by atoms with Crippen LogP contribution in [0.25, 0.3) is 0 Å². The van der Waals surface area contributed by atoms with Gasteiger partial charge in [0.1, 0.15) is 0 Å². The Balaban J connectivity index is 1.60. The van der Waals surface area contributed by atoms with E-state index in [0.717, 1.165) is 10.9 Å². The zero-order valence-electron chi connectivity index (χ0n) is 12.1. The van der Waals surface area contributed by atoms with Crippen LogP contribution >= 0.6 is 27.5 Å². The summed E-state index contributed by atoms with van der Waals surface area (Å²) in [6.07, 6.45) is 5.11. The van der Waals surface area contributed by atoms with Crippen molar-refractivity contribution in [3.63, 3.8) is 0 Å². The molecule has 2 bridgehead atoms. The summed E-state index contributed by atoms with van der Waals surface area (Å²) in [7, 11) is 0. The number of benzene rings is 1. The van der Waals surface area contributed by atoms with Crippen molar-refractivity contribution in [2.45, 2.75) is 6.42 Å². The van der Waals surface area contributed by atoms with Crippen LogP contribution in [0.1, 0.15) is 6.42 Å². The molecule has 4 aliphatic rings. The Morgan fingerprint density at radius 3 is 2.43 bits per heavy atom. The number of amides is 1. The summed E-state index contributed by atoms with van der Waals surface area (Å²) in [6, 6.07) is 5.17. The maximum absolute atomic E-state index is 12.8. The van der Waals surface area contributed by atoms with E-state index in [1.807, 2.05) is 6.08 Å². The van der Waals surface area contributed by atoms with E-state index in [0.29, 0.717) is 22.5 Å². The lowest BCUT2D eigenvalue weighted by molar-refractivity contribution is -0.152. The molecule has 6 unspecified atom stereocenters. The highest BCUT2D eigenvalue weighted by atomic mass is 79.9. The average Bonchev–Trinajstić information content (AvgIpc) is 3.32. The molecule has 0 aliphatic heterocycles. The van der Waals surface area contributed by atoms with Gasteiger partial charge in [0.05, 0.1) is 16.9 Å². The van der Waals surface area contributed by atoms with E-state index in [2.05, 4.69) is 27.3 Å². The SMILES string of the molecule is O=C(O)C1C2C=CC(C3CC23)C1C(=O)Nc1ccc(Br)c(Cl)c1. The van der Waals surface area contributed by atoms with Crippen molar-refractivity contribution in [3.8, 4) is 0 Å². The Morgan fingerprint density at radius 2 is 1.83 bits per heavy atom. The fourth-order valence-corrected chi connectivity index (χ4v) is 4.80. The van der Waals surface area contributed by atoms with Crippen LogP contribution in [-0.4, -0.2) is 17.0 Å². The average molecular weight is 397 g/mol. The van der Waals surface area contributed by atoms with Gasteiger partial charge < -0.3 is 10.4 Å². The number of rotatable bonds is 3. The molecule has 0 heterocycles. The second-order valence-electron chi connectivity index (χ2n) is 6.61. The van der Waals surface area contributed by atoms with E-state index >= 15 is 0 Å². The molecule has 0 spiro atoms. The van der Waals surface area contributed by atoms with Gasteiger partial charge in [-0.25, -0.2) is 0 Å². The maximum atomic E-state index is 12.8. The first-order valence-corrected chi connectivity index (χ1v) is 8.81. The summed E-state index contributed by atoms with van der Waals surface area (Å²) < 4.78 is 0.751. The van der Waals surface area contributed by atoms with Gasteiger partial charge in [-0.3, -0.25) is 9.59 Å². The third-order valence-corrected chi connectivity index (χ3v) is 6.66. The first-order chi connectivity index (χ1) is 11.0. The predicted octanol–water partition coefficient (Wildman–Crippen LogP) is 3.81. The molecule has 1 aromatic carbocycles. The maximum Gasteiger partial charge on any atom is 0.307 e. The molecule has 0 radical (unpaired) electrons. The summed E-state index contributed by atoms with van der Waals surface area (Å²) in [4.78, 5) is 24.5. The Morgan fingerprint density at radius 1 is 1.17 bits per heavy atom. The van der Waals surface area contributed by atoms with Gasteiger partial charge in [-0.2, -0.15) is 0 Å². The van der Waals surface area contributed by atoms with Gasteiger partial charge >= 0.3 is 5.97 Å². The summed E-state index contributed by atoms with van der Waals surface area (Å²) in [5.74, 6) is -1.26. The van der Waals surface area contributed by atoms with Crippen molar-refractivity contribution in [1.29, 1.82) is 0 Å².